The van der Waals surface area contributed by atoms with E-state index in [0.717, 1.165) is 27.9 Å². The summed E-state index contributed by atoms with van der Waals surface area (Å²) in [6, 6.07) is 20.3. The highest BCUT2D eigenvalue weighted by atomic mass is 32.1. The summed E-state index contributed by atoms with van der Waals surface area (Å²) in [5.74, 6) is 0.973. The highest BCUT2D eigenvalue weighted by molar-refractivity contribution is 7.80. The number of amides is 1. The average molecular weight is 446 g/mol. The Hall–Kier alpha value is -3.71. The van der Waals surface area contributed by atoms with Gasteiger partial charge < -0.3 is 14.5 Å². The molecule has 0 saturated carbocycles. The first kappa shape index (κ1) is 21.5. The molecule has 0 spiro atoms. The molecular weight excluding hydrogens is 422 g/mol. The second kappa shape index (κ2) is 9.20. The predicted molar refractivity (Wildman–Crippen MR) is 130 cm³/mol. The SMILES string of the molecule is Cc1ccc2oc(-c3ccc(NC(=S)NC(=O)c4ccc(OC(C)C)cc4)cc3)nc2c1. The van der Waals surface area contributed by atoms with Gasteiger partial charge in [0.1, 0.15) is 11.3 Å². The molecule has 4 aromatic rings. The van der Waals surface area contributed by atoms with Crippen molar-refractivity contribution in [2.75, 3.05) is 5.32 Å². The molecule has 32 heavy (non-hydrogen) atoms. The van der Waals surface area contributed by atoms with Gasteiger partial charge in [0, 0.05) is 16.8 Å². The van der Waals surface area contributed by atoms with Crippen LogP contribution in [-0.4, -0.2) is 22.1 Å². The molecule has 4 rings (SSSR count). The highest BCUT2D eigenvalue weighted by Gasteiger charge is 2.11. The molecule has 0 saturated heterocycles. The fourth-order valence-corrected chi connectivity index (χ4v) is 3.36. The van der Waals surface area contributed by atoms with Crippen LogP contribution in [0.25, 0.3) is 22.6 Å². The minimum atomic E-state index is -0.294. The number of nitrogens with zero attached hydrogens (tertiary/aromatic N) is 1. The largest absolute Gasteiger partial charge is 0.491 e. The van der Waals surface area contributed by atoms with Crippen molar-refractivity contribution in [1.82, 2.24) is 10.3 Å². The summed E-state index contributed by atoms with van der Waals surface area (Å²) in [5.41, 5.74) is 4.80. The van der Waals surface area contributed by atoms with Crippen molar-refractivity contribution in [3.05, 3.63) is 77.9 Å². The van der Waals surface area contributed by atoms with Crippen LogP contribution in [0.4, 0.5) is 5.69 Å². The van der Waals surface area contributed by atoms with Gasteiger partial charge in [0.05, 0.1) is 6.10 Å². The number of carbonyl (C=O) groups excluding carboxylic acids is 1. The van der Waals surface area contributed by atoms with Gasteiger partial charge in [-0.2, -0.15) is 0 Å². The van der Waals surface area contributed by atoms with Gasteiger partial charge in [-0.15, -0.1) is 0 Å². The van der Waals surface area contributed by atoms with E-state index in [9.17, 15) is 4.79 Å². The van der Waals surface area contributed by atoms with Crippen molar-refractivity contribution in [2.45, 2.75) is 26.9 Å². The van der Waals surface area contributed by atoms with Crippen molar-refractivity contribution < 1.29 is 13.9 Å². The Balaban J connectivity index is 1.37. The number of carbonyl (C=O) groups is 1. The summed E-state index contributed by atoms with van der Waals surface area (Å²) in [6.07, 6.45) is 0.0738. The molecule has 1 heterocycles. The quantitative estimate of drug-likeness (QED) is 0.383. The van der Waals surface area contributed by atoms with E-state index in [1.54, 1.807) is 24.3 Å². The second-order valence-corrected chi connectivity index (χ2v) is 8.08. The number of hydrogen-bond donors (Lipinski definition) is 2. The summed E-state index contributed by atoms with van der Waals surface area (Å²) in [6.45, 7) is 5.92. The number of rotatable bonds is 5. The minimum absolute atomic E-state index is 0.0738. The van der Waals surface area contributed by atoms with Gasteiger partial charge in [-0.1, -0.05) is 6.07 Å². The van der Waals surface area contributed by atoms with Crippen LogP contribution in [0.15, 0.2) is 71.1 Å². The Bertz CT molecular complexity index is 1260. The van der Waals surface area contributed by atoms with Gasteiger partial charge in [0.2, 0.25) is 5.89 Å². The molecular formula is C25H23N3O3S. The number of ether oxygens (including phenoxy) is 1. The lowest BCUT2D eigenvalue weighted by molar-refractivity contribution is 0.0977. The van der Waals surface area contributed by atoms with E-state index in [-0.39, 0.29) is 17.1 Å². The van der Waals surface area contributed by atoms with Crippen LogP contribution >= 0.6 is 12.2 Å². The molecule has 162 valence electrons. The number of benzene rings is 3. The topological polar surface area (TPSA) is 76.4 Å². The summed E-state index contributed by atoms with van der Waals surface area (Å²) in [7, 11) is 0. The normalized spacial score (nSPS) is 10.9. The molecule has 2 N–H and O–H groups in total. The lowest BCUT2D eigenvalue weighted by Crippen LogP contribution is -2.34. The Kier molecular flexibility index (Phi) is 6.18. The number of aromatic nitrogens is 1. The smallest absolute Gasteiger partial charge is 0.257 e. The van der Waals surface area contributed by atoms with Gasteiger partial charge in [-0.25, -0.2) is 4.98 Å². The van der Waals surface area contributed by atoms with Gasteiger partial charge in [0.25, 0.3) is 5.91 Å². The summed E-state index contributed by atoms with van der Waals surface area (Å²) in [5, 5.41) is 5.91. The molecule has 1 aromatic heterocycles. The van der Waals surface area contributed by atoms with E-state index in [1.807, 2.05) is 63.2 Å². The maximum Gasteiger partial charge on any atom is 0.257 e. The van der Waals surface area contributed by atoms with Crippen molar-refractivity contribution in [3.8, 4) is 17.2 Å². The van der Waals surface area contributed by atoms with Gasteiger partial charge in [-0.05, 0) is 99.2 Å². The van der Waals surface area contributed by atoms with E-state index in [0.29, 0.717) is 17.2 Å². The Labute approximate surface area is 191 Å². The fraction of sp³-hybridized carbons (Fsp3) is 0.160. The highest BCUT2D eigenvalue weighted by Crippen LogP contribution is 2.26. The van der Waals surface area contributed by atoms with Crippen molar-refractivity contribution in [1.29, 1.82) is 0 Å². The van der Waals surface area contributed by atoms with Crippen LogP contribution in [0.2, 0.25) is 0 Å². The lowest BCUT2D eigenvalue weighted by Gasteiger charge is -2.11. The molecule has 6 nitrogen and oxygen atoms in total. The molecule has 3 aromatic carbocycles. The standard InChI is InChI=1S/C25H23N3O3S/c1-15(2)30-20-11-7-17(8-12-20)23(29)28-25(32)26-19-9-5-18(6-10-19)24-27-21-14-16(3)4-13-22(21)31-24/h4-15H,1-3H3,(H2,26,28,29,32). The zero-order chi connectivity index (χ0) is 22.7. The van der Waals surface area contributed by atoms with Crippen LogP contribution in [-0.2, 0) is 0 Å². The summed E-state index contributed by atoms with van der Waals surface area (Å²) >= 11 is 5.28. The number of oxazole rings is 1. The molecule has 0 bridgehead atoms. The summed E-state index contributed by atoms with van der Waals surface area (Å²) in [4.78, 5) is 17.0. The Morgan fingerprint density at radius 3 is 2.44 bits per heavy atom. The van der Waals surface area contributed by atoms with Crippen LogP contribution in [0.1, 0.15) is 29.8 Å². The molecule has 0 aliphatic heterocycles. The lowest BCUT2D eigenvalue weighted by atomic mass is 10.2. The first-order valence-electron chi connectivity index (χ1n) is 10.2. The van der Waals surface area contributed by atoms with Crippen LogP contribution in [0, 0.1) is 6.92 Å². The van der Waals surface area contributed by atoms with Crippen LogP contribution in [0.5, 0.6) is 5.75 Å². The van der Waals surface area contributed by atoms with E-state index in [1.165, 1.54) is 0 Å². The third-order valence-corrected chi connectivity index (χ3v) is 4.85. The van der Waals surface area contributed by atoms with Crippen molar-refractivity contribution in [2.24, 2.45) is 0 Å². The zero-order valence-electron chi connectivity index (χ0n) is 18.0. The Morgan fingerprint density at radius 2 is 1.75 bits per heavy atom. The summed E-state index contributed by atoms with van der Waals surface area (Å²) < 4.78 is 11.4. The number of nitrogens with one attached hydrogen (secondary N) is 2. The average Bonchev–Trinajstić information content (AvgIpc) is 3.17. The monoisotopic (exact) mass is 445 g/mol. The molecule has 0 unspecified atom stereocenters. The maximum atomic E-state index is 12.4. The number of aryl methyl sites for hydroxylation is 1. The fourth-order valence-electron chi connectivity index (χ4n) is 3.15. The second-order valence-electron chi connectivity index (χ2n) is 7.67. The molecule has 0 fully saturated rings. The number of fused-ring (bicyclic) bond motifs is 1. The minimum Gasteiger partial charge on any atom is -0.491 e. The Morgan fingerprint density at radius 1 is 1.03 bits per heavy atom. The number of hydrogen-bond acceptors (Lipinski definition) is 5. The number of thiocarbonyl (C=S) groups is 1. The van der Waals surface area contributed by atoms with E-state index >= 15 is 0 Å². The molecule has 1 amide bonds. The third-order valence-electron chi connectivity index (χ3n) is 4.65. The van der Waals surface area contributed by atoms with Crippen molar-refractivity contribution >= 4 is 40.0 Å². The van der Waals surface area contributed by atoms with Gasteiger partial charge in [-0.3, -0.25) is 10.1 Å². The molecule has 0 radical (unpaired) electrons. The van der Waals surface area contributed by atoms with Crippen LogP contribution in [0.3, 0.4) is 0 Å². The first-order valence-corrected chi connectivity index (χ1v) is 10.6. The van der Waals surface area contributed by atoms with E-state index < -0.39 is 0 Å². The van der Waals surface area contributed by atoms with Gasteiger partial charge in [0.15, 0.2) is 10.7 Å². The first-order chi connectivity index (χ1) is 15.4. The molecule has 7 heteroatoms. The molecule has 0 atom stereocenters. The maximum absolute atomic E-state index is 12.4. The van der Waals surface area contributed by atoms with E-state index in [2.05, 4.69) is 15.6 Å². The van der Waals surface area contributed by atoms with E-state index in [4.69, 9.17) is 21.4 Å². The number of anilines is 1. The van der Waals surface area contributed by atoms with Crippen molar-refractivity contribution in [3.63, 3.8) is 0 Å². The molecule has 0 aliphatic rings. The van der Waals surface area contributed by atoms with Gasteiger partial charge >= 0.3 is 0 Å². The molecule has 0 aliphatic carbocycles. The predicted octanol–water partition coefficient (Wildman–Crippen LogP) is 5.72. The zero-order valence-corrected chi connectivity index (χ0v) is 18.8. The third kappa shape index (κ3) is 5.12. The van der Waals surface area contributed by atoms with Crippen LogP contribution < -0.4 is 15.4 Å².